The van der Waals surface area contributed by atoms with E-state index in [9.17, 15) is 19.8 Å². The number of benzene rings is 1. The molecule has 1 aliphatic rings. The predicted octanol–water partition coefficient (Wildman–Crippen LogP) is 3.16. The quantitative estimate of drug-likeness (QED) is 0.356. The number of phenols is 2. The molecule has 29 heavy (non-hydrogen) atoms. The van der Waals surface area contributed by atoms with Gasteiger partial charge in [0.25, 0.3) is 0 Å². The first-order valence-corrected chi connectivity index (χ1v) is 10.1. The zero-order valence-electron chi connectivity index (χ0n) is 17.0. The molecule has 0 spiro atoms. The highest BCUT2D eigenvalue weighted by Crippen LogP contribution is 2.25. The molecular weight excluding hydrogens is 378 g/mol. The third kappa shape index (κ3) is 7.45. The fraction of sp³-hybridized carbons (Fsp3) is 0.619. The van der Waals surface area contributed by atoms with E-state index in [0.717, 1.165) is 38.5 Å². The highest BCUT2D eigenvalue weighted by molar-refractivity contribution is 5.76. The van der Waals surface area contributed by atoms with E-state index in [1.807, 2.05) is 0 Å². The van der Waals surface area contributed by atoms with Crippen LogP contribution in [0.15, 0.2) is 18.2 Å². The lowest BCUT2D eigenvalue weighted by molar-refractivity contribution is -0.155. The van der Waals surface area contributed by atoms with Gasteiger partial charge in [-0.1, -0.05) is 18.9 Å². The van der Waals surface area contributed by atoms with Crippen molar-refractivity contribution in [1.29, 1.82) is 0 Å². The van der Waals surface area contributed by atoms with Crippen molar-refractivity contribution in [1.82, 2.24) is 0 Å². The summed E-state index contributed by atoms with van der Waals surface area (Å²) in [6.45, 7) is 3.23. The van der Waals surface area contributed by atoms with Gasteiger partial charge in [-0.3, -0.25) is 4.79 Å². The molecule has 8 heteroatoms. The number of aromatic hydroxyl groups is 2. The summed E-state index contributed by atoms with van der Waals surface area (Å²) >= 11 is 0. The number of phenolic OH excluding ortho intramolecular Hbond substituents is 2. The SMILES string of the molecule is C[C@H](OC(=O)[C@@H](N)Cc1ccc(O)c(O)c1)[C@@H](C)OC(=O)OC1CCCCCC1. The third-order valence-electron chi connectivity index (χ3n) is 5.11. The van der Waals surface area contributed by atoms with Gasteiger partial charge in [-0.2, -0.15) is 0 Å². The minimum atomic E-state index is -0.966. The fourth-order valence-corrected chi connectivity index (χ4v) is 3.17. The molecule has 0 radical (unpaired) electrons. The topological polar surface area (TPSA) is 128 Å². The maximum Gasteiger partial charge on any atom is 0.508 e. The molecule has 0 amide bonds. The first kappa shape index (κ1) is 22.8. The molecule has 1 aliphatic carbocycles. The Morgan fingerprint density at radius 2 is 1.66 bits per heavy atom. The molecule has 2 rings (SSSR count). The van der Waals surface area contributed by atoms with Crippen LogP contribution in [0.2, 0.25) is 0 Å². The van der Waals surface area contributed by atoms with Crippen LogP contribution in [0.4, 0.5) is 4.79 Å². The van der Waals surface area contributed by atoms with E-state index in [0.29, 0.717) is 5.56 Å². The summed E-state index contributed by atoms with van der Waals surface area (Å²) in [5.74, 6) is -1.19. The number of rotatable bonds is 7. The molecule has 162 valence electrons. The Labute approximate surface area is 170 Å². The van der Waals surface area contributed by atoms with Gasteiger partial charge < -0.3 is 30.2 Å². The van der Waals surface area contributed by atoms with Crippen molar-refractivity contribution >= 4 is 12.1 Å². The zero-order chi connectivity index (χ0) is 21.4. The Balaban J connectivity index is 1.77. The third-order valence-corrected chi connectivity index (χ3v) is 5.11. The second kappa shape index (κ2) is 10.9. The molecule has 0 heterocycles. The first-order chi connectivity index (χ1) is 13.8. The van der Waals surface area contributed by atoms with Crippen molar-refractivity contribution in [3.63, 3.8) is 0 Å². The standard InChI is InChI=1S/C21H31NO7/c1-13(14(2)28-21(26)29-16-7-5-3-4-6-8-16)27-20(25)17(22)11-15-9-10-18(23)19(24)12-15/h9-10,12-14,16-17,23-24H,3-8,11,22H2,1-2H3/t13-,14+,17-/m0/s1. The van der Waals surface area contributed by atoms with Crippen molar-refractivity contribution in [3.05, 3.63) is 23.8 Å². The second-order valence-electron chi connectivity index (χ2n) is 7.58. The predicted molar refractivity (Wildman–Crippen MR) is 106 cm³/mol. The van der Waals surface area contributed by atoms with E-state index in [1.165, 1.54) is 12.1 Å². The van der Waals surface area contributed by atoms with Crippen LogP contribution in [0.25, 0.3) is 0 Å². The Bertz CT molecular complexity index is 686. The Morgan fingerprint density at radius 3 is 2.28 bits per heavy atom. The van der Waals surface area contributed by atoms with Crippen molar-refractivity contribution in [2.24, 2.45) is 5.73 Å². The van der Waals surface area contributed by atoms with Crippen molar-refractivity contribution in [3.8, 4) is 11.5 Å². The van der Waals surface area contributed by atoms with Gasteiger partial charge in [0.15, 0.2) is 11.5 Å². The van der Waals surface area contributed by atoms with Gasteiger partial charge >= 0.3 is 12.1 Å². The molecule has 0 bridgehead atoms. The van der Waals surface area contributed by atoms with Crippen LogP contribution in [0.3, 0.4) is 0 Å². The number of hydrogen-bond acceptors (Lipinski definition) is 8. The largest absolute Gasteiger partial charge is 0.508 e. The van der Waals surface area contributed by atoms with Crippen molar-refractivity contribution < 1.29 is 34.0 Å². The van der Waals surface area contributed by atoms with Crippen LogP contribution < -0.4 is 5.73 Å². The van der Waals surface area contributed by atoms with Crippen molar-refractivity contribution in [2.75, 3.05) is 0 Å². The van der Waals surface area contributed by atoms with E-state index >= 15 is 0 Å². The molecular formula is C21H31NO7. The van der Waals surface area contributed by atoms with Crippen LogP contribution in [0.1, 0.15) is 57.9 Å². The van der Waals surface area contributed by atoms with Crippen LogP contribution in [0.5, 0.6) is 11.5 Å². The highest BCUT2D eigenvalue weighted by Gasteiger charge is 2.26. The number of ether oxygens (including phenoxy) is 3. The van der Waals surface area contributed by atoms with E-state index in [1.54, 1.807) is 19.9 Å². The molecule has 8 nitrogen and oxygen atoms in total. The van der Waals surface area contributed by atoms with E-state index in [2.05, 4.69) is 0 Å². The zero-order valence-corrected chi connectivity index (χ0v) is 17.0. The monoisotopic (exact) mass is 409 g/mol. The molecule has 1 aromatic carbocycles. The van der Waals surface area contributed by atoms with E-state index in [-0.39, 0.29) is 24.0 Å². The average molecular weight is 409 g/mol. The number of nitrogens with two attached hydrogens (primary N) is 1. The summed E-state index contributed by atoms with van der Waals surface area (Å²) in [7, 11) is 0. The van der Waals surface area contributed by atoms with Gasteiger partial charge in [-0.15, -0.1) is 0 Å². The minimum Gasteiger partial charge on any atom is -0.504 e. The van der Waals surface area contributed by atoms with Crippen LogP contribution in [-0.2, 0) is 25.4 Å². The Kier molecular flexibility index (Phi) is 8.57. The maximum absolute atomic E-state index is 12.2. The fourth-order valence-electron chi connectivity index (χ4n) is 3.17. The molecule has 1 fully saturated rings. The normalized spacial score (nSPS) is 18.2. The second-order valence-corrected chi connectivity index (χ2v) is 7.58. The van der Waals surface area contributed by atoms with Gasteiger partial charge in [-0.25, -0.2) is 4.79 Å². The number of carbonyl (C=O) groups excluding carboxylic acids is 2. The van der Waals surface area contributed by atoms with E-state index in [4.69, 9.17) is 19.9 Å². The Hall–Kier alpha value is -2.48. The van der Waals surface area contributed by atoms with Crippen LogP contribution >= 0.6 is 0 Å². The molecule has 0 aliphatic heterocycles. The molecule has 0 aromatic heterocycles. The van der Waals surface area contributed by atoms with Gasteiger partial charge in [0.1, 0.15) is 24.4 Å². The number of carbonyl (C=O) groups is 2. The van der Waals surface area contributed by atoms with Gasteiger partial charge in [0.2, 0.25) is 0 Å². The van der Waals surface area contributed by atoms with Crippen LogP contribution in [0, 0.1) is 0 Å². The van der Waals surface area contributed by atoms with E-state index < -0.39 is 30.4 Å². The van der Waals surface area contributed by atoms with Crippen molar-refractivity contribution in [2.45, 2.75) is 83.1 Å². The summed E-state index contributed by atoms with van der Waals surface area (Å²) in [5, 5.41) is 18.9. The molecule has 0 unspecified atom stereocenters. The molecule has 1 saturated carbocycles. The molecule has 4 N–H and O–H groups in total. The van der Waals surface area contributed by atoms with Crippen LogP contribution in [-0.4, -0.2) is 46.7 Å². The summed E-state index contributed by atoms with van der Waals surface area (Å²) in [5.41, 5.74) is 6.45. The lowest BCUT2D eigenvalue weighted by Gasteiger charge is -2.23. The summed E-state index contributed by atoms with van der Waals surface area (Å²) < 4.78 is 15.9. The summed E-state index contributed by atoms with van der Waals surface area (Å²) in [6.07, 6.45) is 3.93. The molecule has 1 aromatic rings. The smallest absolute Gasteiger partial charge is 0.504 e. The van der Waals surface area contributed by atoms with Gasteiger partial charge in [-0.05, 0) is 63.6 Å². The maximum atomic E-state index is 12.2. The molecule has 3 atom stereocenters. The van der Waals surface area contributed by atoms with Gasteiger partial charge in [0, 0.05) is 0 Å². The first-order valence-electron chi connectivity index (χ1n) is 10.1. The lowest BCUT2D eigenvalue weighted by atomic mass is 10.1. The van der Waals surface area contributed by atoms with Gasteiger partial charge in [0.05, 0.1) is 0 Å². The Morgan fingerprint density at radius 1 is 1.03 bits per heavy atom. The summed E-state index contributed by atoms with van der Waals surface area (Å²) in [4.78, 5) is 24.2. The lowest BCUT2D eigenvalue weighted by Crippen LogP contribution is -2.39. The highest BCUT2D eigenvalue weighted by atomic mass is 16.7. The molecule has 0 saturated heterocycles. The minimum absolute atomic E-state index is 0.120. The summed E-state index contributed by atoms with van der Waals surface area (Å²) in [6, 6.07) is 3.25. The number of esters is 1. The number of hydrogen-bond donors (Lipinski definition) is 3. The average Bonchev–Trinajstić information content (AvgIpc) is 2.93.